The van der Waals surface area contributed by atoms with Crippen LogP contribution in [0.2, 0.25) is 10.0 Å². The smallest absolute Gasteiger partial charge is 0.248 e. The van der Waals surface area contributed by atoms with Gasteiger partial charge in [0, 0.05) is 17.3 Å². The molecule has 0 unspecified atom stereocenters. The Kier molecular flexibility index (Phi) is 3.31. The first-order chi connectivity index (χ1) is 8.08. The number of nitrogens with two attached hydrogens (primary N) is 1. The van der Waals surface area contributed by atoms with Crippen LogP contribution in [0.5, 0.6) is 0 Å². The lowest BCUT2D eigenvalue weighted by Gasteiger charge is -2.04. The highest BCUT2D eigenvalue weighted by atomic mass is 35.5. The van der Waals surface area contributed by atoms with Gasteiger partial charge in [0.15, 0.2) is 0 Å². The second kappa shape index (κ2) is 4.73. The third-order valence-electron chi connectivity index (χ3n) is 2.26. The van der Waals surface area contributed by atoms with Crippen LogP contribution in [0.1, 0.15) is 10.4 Å². The van der Waals surface area contributed by atoms with Crippen molar-refractivity contribution in [3.63, 3.8) is 0 Å². The van der Waals surface area contributed by atoms with Crippen molar-refractivity contribution in [2.45, 2.75) is 0 Å². The number of amides is 1. The van der Waals surface area contributed by atoms with Crippen molar-refractivity contribution in [1.29, 1.82) is 0 Å². The summed E-state index contributed by atoms with van der Waals surface area (Å²) in [4.78, 5) is 15.2. The molecule has 2 rings (SSSR count). The number of hydrogen-bond acceptors (Lipinski definition) is 2. The molecule has 0 spiro atoms. The third kappa shape index (κ3) is 2.57. The van der Waals surface area contributed by atoms with E-state index >= 15 is 0 Å². The second-order valence-corrected chi connectivity index (χ2v) is 4.24. The summed E-state index contributed by atoms with van der Waals surface area (Å²) < 4.78 is 0. The predicted molar refractivity (Wildman–Crippen MR) is 68.2 cm³/mol. The van der Waals surface area contributed by atoms with E-state index in [9.17, 15) is 4.79 Å². The van der Waals surface area contributed by atoms with Gasteiger partial charge in [0.05, 0.1) is 15.7 Å². The Labute approximate surface area is 108 Å². The fourth-order valence-corrected chi connectivity index (χ4v) is 1.70. The first-order valence-electron chi connectivity index (χ1n) is 4.79. The van der Waals surface area contributed by atoms with Crippen LogP contribution in [-0.2, 0) is 0 Å². The van der Waals surface area contributed by atoms with Crippen LogP contribution in [0, 0.1) is 0 Å². The van der Waals surface area contributed by atoms with Crippen molar-refractivity contribution in [3.05, 3.63) is 52.1 Å². The fourth-order valence-electron chi connectivity index (χ4n) is 1.40. The summed E-state index contributed by atoms with van der Waals surface area (Å²) in [7, 11) is 0. The van der Waals surface area contributed by atoms with Crippen molar-refractivity contribution in [2.75, 3.05) is 0 Å². The molecule has 0 radical (unpaired) electrons. The van der Waals surface area contributed by atoms with Crippen molar-refractivity contribution in [1.82, 2.24) is 4.98 Å². The molecule has 0 aliphatic heterocycles. The molecule has 1 aromatic carbocycles. The van der Waals surface area contributed by atoms with Crippen LogP contribution >= 0.6 is 23.2 Å². The Morgan fingerprint density at radius 1 is 1.12 bits per heavy atom. The van der Waals surface area contributed by atoms with E-state index in [1.165, 1.54) is 6.20 Å². The maximum absolute atomic E-state index is 11.1. The molecule has 1 amide bonds. The highest BCUT2D eigenvalue weighted by Gasteiger charge is 2.06. The molecular weight excluding hydrogens is 259 g/mol. The molecule has 5 heteroatoms. The molecular formula is C12H8Cl2N2O. The Hall–Kier alpha value is -1.58. The average molecular weight is 267 g/mol. The van der Waals surface area contributed by atoms with Gasteiger partial charge in [-0.1, -0.05) is 29.3 Å². The Balaban J connectivity index is 2.49. The maximum atomic E-state index is 11.1. The highest BCUT2D eigenvalue weighted by Crippen LogP contribution is 2.27. The topological polar surface area (TPSA) is 56.0 Å². The average Bonchev–Trinajstić information content (AvgIpc) is 2.33. The van der Waals surface area contributed by atoms with Gasteiger partial charge in [0.1, 0.15) is 0 Å². The number of benzene rings is 1. The van der Waals surface area contributed by atoms with Crippen LogP contribution in [0.25, 0.3) is 11.3 Å². The molecule has 0 saturated carbocycles. The van der Waals surface area contributed by atoms with Crippen LogP contribution < -0.4 is 5.73 Å². The molecule has 0 aliphatic rings. The Bertz CT molecular complexity index is 584. The summed E-state index contributed by atoms with van der Waals surface area (Å²) in [6.07, 6.45) is 1.53. The summed E-state index contributed by atoms with van der Waals surface area (Å²) in [5.74, 6) is -0.492. The molecule has 0 atom stereocenters. The molecule has 0 fully saturated rings. The molecule has 2 N–H and O–H groups in total. The molecule has 0 saturated heterocycles. The van der Waals surface area contributed by atoms with Gasteiger partial charge in [-0.05, 0) is 24.3 Å². The monoisotopic (exact) mass is 266 g/mol. The van der Waals surface area contributed by atoms with E-state index in [1.807, 2.05) is 0 Å². The predicted octanol–water partition coefficient (Wildman–Crippen LogP) is 3.15. The summed E-state index contributed by atoms with van der Waals surface area (Å²) in [5, 5.41) is 0.914. The number of rotatable bonds is 2. The van der Waals surface area contributed by atoms with E-state index in [0.717, 1.165) is 5.56 Å². The highest BCUT2D eigenvalue weighted by molar-refractivity contribution is 6.42. The zero-order valence-corrected chi connectivity index (χ0v) is 10.2. The molecule has 0 bridgehead atoms. The molecule has 2 aromatic rings. The lowest BCUT2D eigenvalue weighted by atomic mass is 10.1. The minimum Gasteiger partial charge on any atom is -0.366 e. The zero-order chi connectivity index (χ0) is 12.4. The normalized spacial score (nSPS) is 10.2. The van der Waals surface area contributed by atoms with Gasteiger partial charge in [-0.25, -0.2) is 0 Å². The van der Waals surface area contributed by atoms with E-state index in [-0.39, 0.29) is 0 Å². The van der Waals surface area contributed by atoms with Crippen molar-refractivity contribution < 1.29 is 4.79 Å². The first kappa shape index (κ1) is 11.9. The van der Waals surface area contributed by atoms with Gasteiger partial charge in [-0.15, -0.1) is 0 Å². The number of halogens is 2. The van der Waals surface area contributed by atoms with E-state index < -0.39 is 5.91 Å². The van der Waals surface area contributed by atoms with Crippen molar-refractivity contribution in [2.24, 2.45) is 5.73 Å². The van der Waals surface area contributed by atoms with Gasteiger partial charge in [0.2, 0.25) is 5.91 Å². The number of nitrogens with zero attached hydrogens (tertiary/aromatic N) is 1. The molecule has 3 nitrogen and oxygen atoms in total. The minimum atomic E-state index is -0.492. The number of carbonyl (C=O) groups is 1. The standard InChI is InChI=1S/C12H8Cl2N2O/c13-9-2-1-7(5-10(9)14)11-6-8(12(15)17)3-4-16-11/h1-6H,(H2,15,17). The third-order valence-corrected chi connectivity index (χ3v) is 3.00. The van der Waals surface area contributed by atoms with Gasteiger partial charge < -0.3 is 5.73 Å². The fraction of sp³-hybridized carbons (Fsp3) is 0. The first-order valence-corrected chi connectivity index (χ1v) is 5.55. The minimum absolute atomic E-state index is 0.404. The van der Waals surface area contributed by atoms with E-state index in [4.69, 9.17) is 28.9 Å². The quantitative estimate of drug-likeness (QED) is 0.908. The number of carbonyl (C=O) groups excluding carboxylic acids is 1. The van der Waals surface area contributed by atoms with Crippen LogP contribution in [0.15, 0.2) is 36.5 Å². The Morgan fingerprint density at radius 3 is 2.53 bits per heavy atom. The van der Waals surface area contributed by atoms with E-state index in [1.54, 1.807) is 30.3 Å². The van der Waals surface area contributed by atoms with E-state index in [0.29, 0.717) is 21.3 Å². The number of aromatic nitrogens is 1. The Morgan fingerprint density at radius 2 is 1.88 bits per heavy atom. The maximum Gasteiger partial charge on any atom is 0.248 e. The molecule has 17 heavy (non-hydrogen) atoms. The van der Waals surface area contributed by atoms with Crippen molar-refractivity contribution in [3.8, 4) is 11.3 Å². The van der Waals surface area contributed by atoms with Gasteiger partial charge in [-0.2, -0.15) is 0 Å². The van der Waals surface area contributed by atoms with Crippen LogP contribution in [0.4, 0.5) is 0 Å². The molecule has 86 valence electrons. The zero-order valence-electron chi connectivity index (χ0n) is 8.65. The number of hydrogen-bond donors (Lipinski definition) is 1. The van der Waals surface area contributed by atoms with Crippen molar-refractivity contribution >= 4 is 29.1 Å². The molecule has 1 heterocycles. The number of pyridine rings is 1. The lowest BCUT2D eigenvalue weighted by molar-refractivity contribution is 0.1000. The summed E-state index contributed by atoms with van der Waals surface area (Å²) in [6, 6.07) is 8.32. The molecule has 1 aromatic heterocycles. The van der Waals surface area contributed by atoms with Gasteiger partial charge in [0.25, 0.3) is 0 Å². The van der Waals surface area contributed by atoms with E-state index in [2.05, 4.69) is 4.98 Å². The van der Waals surface area contributed by atoms with Crippen LogP contribution in [0.3, 0.4) is 0 Å². The molecule has 0 aliphatic carbocycles. The lowest BCUT2D eigenvalue weighted by Crippen LogP contribution is -2.10. The summed E-state index contributed by atoms with van der Waals surface area (Å²) in [5.41, 5.74) is 7.01. The SMILES string of the molecule is NC(=O)c1ccnc(-c2ccc(Cl)c(Cl)c2)c1. The summed E-state index contributed by atoms with van der Waals surface area (Å²) >= 11 is 11.7. The number of primary amides is 1. The van der Waals surface area contributed by atoms with Crippen LogP contribution in [-0.4, -0.2) is 10.9 Å². The van der Waals surface area contributed by atoms with Gasteiger partial charge in [-0.3, -0.25) is 9.78 Å². The largest absolute Gasteiger partial charge is 0.366 e. The summed E-state index contributed by atoms with van der Waals surface area (Å²) in [6.45, 7) is 0. The van der Waals surface area contributed by atoms with Gasteiger partial charge >= 0.3 is 0 Å². The second-order valence-electron chi connectivity index (χ2n) is 3.42.